The molecule has 1 atom stereocenters. The number of piperazine rings is 1. The van der Waals surface area contributed by atoms with Crippen LogP contribution >= 0.6 is 0 Å². The van der Waals surface area contributed by atoms with Crippen molar-refractivity contribution in [3.05, 3.63) is 24.3 Å². The molecule has 0 aromatic heterocycles. The van der Waals surface area contributed by atoms with Gasteiger partial charge in [-0.25, -0.2) is 0 Å². The first-order chi connectivity index (χ1) is 9.28. The van der Waals surface area contributed by atoms with Crippen LogP contribution < -0.4 is 14.8 Å². The Bertz CT molecular complexity index is 361. The quantitative estimate of drug-likeness (QED) is 0.846. The van der Waals surface area contributed by atoms with Gasteiger partial charge in [0.25, 0.3) is 0 Å². The summed E-state index contributed by atoms with van der Waals surface area (Å²) >= 11 is 0. The fourth-order valence-electron chi connectivity index (χ4n) is 2.30. The van der Waals surface area contributed by atoms with Crippen molar-refractivity contribution in [1.82, 2.24) is 10.2 Å². The highest BCUT2D eigenvalue weighted by molar-refractivity contribution is 5.31. The largest absolute Gasteiger partial charge is 0.497 e. The summed E-state index contributed by atoms with van der Waals surface area (Å²) in [5.74, 6) is 2.31. The van der Waals surface area contributed by atoms with Gasteiger partial charge in [0.1, 0.15) is 11.5 Å². The highest BCUT2D eigenvalue weighted by Gasteiger charge is 2.13. The van der Waals surface area contributed by atoms with E-state index in [2.05, 4.69) is 17.1 Å². The number of rotatable bonds is 6. The first-order valence-electron chi connectivity index (χ1n) is 6.98. The highest BCUT2D eigenvalue weighted by atomic mass is 16.5. The molecular weight excluding hydrogens is 240 g/mol. The van der Waals surface area contributed by atoms with Gasteiger partial charge >= 0.3 is 0 Å². The van der Waals surface area contributed by atoms with E-state index in [1.807, 2.05) is 24.3 Å². The molecule has 0 aliphatic carbocycles. The minimum absolute atomic E-state index is 0.542. The van der Waals surface area contributed by atoms with Crippen molar-refractivity contribution < 1.29 is 9.47 Å². The number of methoxy groups -OCH3 is 1. The molecule has 1 aromatic rings. The smallest absolute Gasteiger partial charge is 0.119 e. The van der Waals surface area contributed by atoms with Crippen LogP contribution in [-0.4, -0.2) is 51.3 Å². The average molecular weight is 264 g/mol. The molecular formula is C15H24N2O2. The lowest BCUT2D eigenvalue weighted by molar-refractivity contribution is 0.171. The van der Waals surface area contributed by atoms with Crippen LogP contribution in [0.4, 0.5) is 0 Å². The van der Waals surface area contributed by atoms with E-state index in [-0.39, 0.29) is 0 Å². The number of nitrogens with one attached hydrogen (secondary N) is 1. The minimum Gasteiger partial charge on any atom is -0.497 e. The van der Waals surface area contributed by atoms with E-state index in [0.29, 0.717) is 5.92 Å². The fraction of sp³-hybridized carbons (Fsp3) is 0.600. The number of benzene rings is 1. The lowest BCUT2D eigenvalue weighted by Gasteiger charge is -2.29. The van der Waals surface area contributed by atoms with Crippen LogP contribution in [-0.2, 0) is 0 Å². The summed E-state index contributed by atoms with van der Waals surface area (Å²) in [6.07, 6.45) is 0. The van der Waals surface area contributed by atoms with Crippen LogP contribution in [0.1, 0.15) is 6.92 Å². The maximum atomic E-state index is 5.81. The minimum atomic E-state index is 0.542. The molecule has 1 fully saturated rings. The zero-order chi connectivity index (χ0) is 13.5. The summed E-state index contributed by atoms with van der Waals surface area (Å²) in [5, 5.41) is 3.37. The lowest BCUT2D eigenvalue weighted by Crippen LogP contribution is -2.45. The zero-order valence-electron chi connectivity index (χ0n) is 11.9. The second-order valence-electron chi connectivity index (χ2n) is 5.14. The highest BCUT2D eigenvalue weighted by Crippen LogP contribution is 2.17. The molecule has 0 saturated carbocycles. The van der Waals surface area contributed by atoms with Gasteiger partial charge in [0.2, 0.25) is 0 Å². The van der Waals surface area contributed by atoms with E-state index in [9.17, 15) is 0 Å². The molecule has 1 saturated heterocycles. The molecule has 19 heavy (non-hydrogen) atoms. The maximum Gasteiger partial charge on any atom is 0.119 e. The fourth-order valence-corrected chi connectivity index (χ4v) is 2.30. The SMILES string of the molecule is COc1ccc(OCC(C)CN2CCNCC2)cc1. The first kappa shape index (κ1) is 14.2. The summed E-state index contributed by atoms with van der Waals surface area (Å²) in [4.78, 5) is 2.50. The Balaban J connectivity index is 1.71. The molecule has 106 valence electrons. The first-order valence-corrected chi connectivity index (χ1v) is 6.98. The molecule has 0 spiro atoms. The lowest BCUT2D eigenvalue weighted by atomic mass is 10.1. The molecule has 1 aliphatic heterocycles. The van der Waals surface area contributed by atoms with E-state index in [1.165, 1.54) is 0 Å². The van der Waals surface area contributed by atoms with Crippen molar-refractivity contribution >= 4 is 0 Å². The topological polar surface area (TPSA) is 33.7 Å². The van der Waals surface area contributed by atoms with E-state index in [1.54, 1.807) is 7.11 Å². The zero-order valence-corrected chi connectivity index (χ0v) is 11.9. The molecule has 2 rings (SSSR count). The molecule has 1 N–H and O–H groups in total. The predicted molar refractivity (Wildman–Crippen MR) is 77.0 cm³/mol. The summed E-state index contributed by atoms with van der Waals surface area (Å²) < 4.78 is 10.9. The van der Waals surface area contributed by atoms with Gasteiger partial charge < -0.3 is 19.7 Å². The summed E-state index contributed by atoms with van der Waals surface area (Å²) in [6.45, 7) is 8.61. The molecule has 4 heteroatoms. The molecule has 1 unspecified atom stereocenters. The van der Waals surface area contributed by atoms with E-state index in [4.69, 9.17) is 9.47 Å². The van der Waals surface area contributed by atoms with Gasteiger partial charge in [-0.1, -0.05) is 6.92 Å². The van der Waals surface area contributed by atoms with Crippen LogP contribution in [0.25, 0.3) is 0 Å². The Morgan fingerprint density at radius 1 is 1.16 bits per heavy atom. The predicted octanol–water partition coefficient (Wildman–Crippen LogP) is 1.62. The van der Waals surface area contributed by atoms with Crippen molar-refractivity contribution in [2.45, 2.75) is 6.92 Å². The third-order valence-corrected chi connectivity index (χ3v) is 3.37. The van der Waals surface area contributed by atoms with Gasteiger partial charge in [0, 0.05) is 38.6 Å². The Labute approximate surface area is 115 Å². The molecule has 0 bridgehead atoms. The van der Waals surface area contributed by atoms with E-state index < -0.39 is 0 Å². The number of ether oxygens (including phenoxy) is 2. The second-order valence-corrected chi connectivity index (χ2v) is 5.14. The summed E-state index contributed by atoms with van der Waals surface area (Å²) in [7, 11) is 1.67. The Hall–Kier alpha value is -1.26. The van der Waals surface area contributed by atoms with Crippen LogP contribution in [0.2, 0.25) is 0 Å². The van der Waals surface area contributed by atoms with Gasteiger partial charge in [-0.05, 0) is 24.3 Å². The number of hydrogen-bond donors (Lipinski definition) is 1. The van der Waals surface area contributed by atoms with Crippen molar-refractivity contribution in [1.29, 1.82) is 0 Å². The van der Waals surface area contributed by atoms with Gasteiger partial charge in [0.15, 0.2) is 0 Å². The normalized spacial score (nSPS) is 18.0. The van der Waals surface area contributed by atoms with Gasteiger partial charge in [-0.15, -0.1) is 0 Å². The van der Waals surface area contributed by atoms with Crippen LogP contribution in [0.15, 0.2) is 24.3 Å². The monoisotopic (exact) mass is 264 g/mol. The number of hydrogen-bond acceptors (Lipinski definition) is 4. The Kier molecular flexibility index (Phi) is 5.48. The molecule has 4 nitrogen and oxygen atoms in total. The Morgan fingerprint density at radius 3 is 2.42 bits per heavy atom. The van der Waals surface area contributed by atoms with E-state index >= 15 is 0 Å². The van der Waals surface area contributed by atoms with Gasteiger partial charge in [-0.3, -0.25) is 0 Å². The van der Waals surface area contributed by atoms with Crippen LogP contribution in [0.3, 0.4) is 0 Å². The van der Waals surface area contributed by atoms with Crippen LogP contribution in [0, 0.1) is 5.92 Å². The third-order valence-electron chi connectivity index (χ3n) is 3.37. The van der Waals surface area contributed by atoms with Crippen molar-refractivity contribution in [2.75, 3.05) is 46.4 Å². The standard InChI is InChI=1S/C15H24N2O2/c1-13(11-17-9-7-16-8-10-17)12-19-15-5-3-14(18-2)4-6-15/h3-6,13,16H,7-12H2,1-2H3. The summed E-state index contributed by atoms with van der Waals surface area (Å²) in [6, 6.07) is 7.76. The number of nitrogens with zero attached hydrogens (tertiary/aromatic N) is 1. The van der Waals surface area contributed by atoms with Gasteiger partial charge in [-0.2, -0.15) is 0 Å². The molecule has 0 amide bonds. The molecule has 1 aliphatic rings. The maximum absolute atomic E-state index is 5.81. The van der Waals surface area contributed by atoms with Crippen molar-refractivity contribution in [3.8, 4) is 11.5 Å². The van der Waals surface area contributed by atoms with E-state index in [0.717, 1.165) is 50.8 Å². The average Bonchev–Trinajstić information content (AvgIpc) is 2.47. The molecule has 1 aromatic carbocycles. The summed E-state index contributed by atoms with van der Waals surface area (Å²) in [5.41, 5.74) is 0. The van der Waals surface area contributed by atoms with Crippen molar-refractivity contribution in [3.63, 3.8) is 0 Å². The second kappa shape index (κ2) is 7.36. The third kappa shape index (κ3) is 4.73. The molecule has 0 radical (unpaired) electrons. The molecule has 1 heterocycles. The van der Waals surface area contributed by atoms with Crippen molar-refractivity contribution in [2.24, 2.45) is 5.92 Å². The Morgan fingerprint density at radius 2 is 1.79 bits per heavy atom. The van der Waals surface area contributed by atoms with Crippen LogP contribution in [0.5, 0.6) is 11.5 Å². The van der Waals surface area contributed by atoms with Gasteiger partial charge in [0.05, 0.1) is 13.7 Å².